The standard InChI is InChI=1S/C38H42F2N2.2BrH.Ni/c1-23(2)31-11-9-12-32(24(3)4)37(31)41-35(27-15-19-29(39)20-16-27)36(28-17-21-30(40)22-18-28)42-38-33(25(5)6)13-10-14-34(38)26(7)8;;;/h9-26H,1-8H3;2*1H;/q;;;+2/p-2. The molecule has 2 nitrogen and oxygen atoms in total. The Bertz CT molecular complexity index is 1440. The van der Waals surface area contributed by atoms with Crippen LogP contribution in [0.15, 0.2) is 94.9 Å². The average Bonchev–Trinajstić information content (AvgIpc) is 2.99. The van der Waals surface area contributed by atoms with Crippen LogP contribution in [0.4, 0.5) is 20.2 Å². The van der Waals surface area contributed by atoms with Gasteiger partial charge in [-0.15, -0.1) is 0 Å². The molecule has 0 saturated carbocycles. The monoisotopic (exact) mass is 780 g/mol. The van der Waals surface area contributed by atoms with E-state index < -0.39 is 0 Å². The van der Waals surface area contributed by atoms with Gasteiger partial charge in [-0.3, -0.25) is 0 Å². The number of aliphatic imine (C=N–C) groups is 2. The minimum absolute atomic E-state index is 0.234. The third-order valence-electron chi connectivity index (χ3n) is 7.59. The Balaban J connectivity index is 0.00000177. The van der Waals surface area contributed by atoms with E-state index in [1.54, 1.807) is 24.3 Å². The third kappa shape index (κ3) is 9.76. The fourth-order valence-corrected chi connectivity index (χ4v) is 5.23. The second-order valence-electron chi connectivity index (χ2n) is 12.2. The van der Waals surface area contributed by atoms with Gasteiger partial charge in [-0.2, -0.15) is 0 Å². The molecular formula is C38H42Br2F2N2Ni. The molecule has 0 atom stereocenters. The first-order valence-electron chi connectivity index (χ1n) is 15.2. The second kappa shape index (κ2) is 17.5. The van der Waals surface area contributed by atoms with Gasteiger partial charge in [0.2, 0.25) is 0 Å². The van der Waals surface area contributed by atoms with Gasteiger partial charge in [-0.1, -0.05) is 91.8 Å². The summed E-state index contributed by atoms with van der Waals surface area (Å²) < 4.78 is 28.4. The molecule has 0 amide bonds. The summed E-state index contributed by atoms with van der Waals surface area (Å²) in [6.45, 7) is 17.3. The van der Waals surface area contributed by atoms with Crippen LogP contribution < -0.4 is 0 Å². The summed E-state index contributed by atoms with van der Waals surface area (Å²) in [7, 11) is 1.25. The quantitative estimate of drug-likeness (QED) is 0.119. The number of rotatable bonds is 9. The van der Waals surface area contributed by atoms with Gasteiger partial charge in [-0.25, -0.2) is 18.8 Å². The molecule has 0 aliphatic heterocycles. The van der Waals surface area contributed by atoms with E-state index in [-0.39, 0.29) is 35.3 Å². The Kier molecular flexibility index (Phi) is 14.3. The van der Waals surface area contributed by atoms with Crippen LogP contribution in [0, 0.1) is 11.6 Å². The number of halogens is 4. The molecule has 7 heteroatoms. The van der Waals surface area contributed by atoms with Gasteiger partial charge in [0.05, 0.1) is 22.8 Å². The van der Waals surface area contributed by atoms with Crippen molar-refractivity contribution in [3.05, 3.63) is 130 Å². The normalized spacial score (nSPS) is 12.4. The Morgan fingerprint density at radius 3 is 0.956 bits per heavy atom. The van der Waals surface area contributed by atoms with E-state index in [0.29, 0.717) is 11.4 Å². The van der Waals surface area contributed by atoms with E-state index in [0.717, 1.165) is 44.8 Å². The molecule has 4 aromatic carbocycles. The molecule has 0 unspecified atom stereocenters. The van der Waals surface area contributed by atoms with Crippen molar-refractivity contribution >= 4 is 51.2 Å². The van der Waals surface area contributed by atoms with Crippen molar-refractivity contribution in [2.24, 2.45) is 9.98 Å². The molecule has 0 saturated heterocycles. The Labute approximate surface area is 288 Å². The van der Waals surface area contributed by atoms with Crippen LogP contribution in [-0.4, -0.2) is 11.4 Å². The van der Waals surface area contributed by atoms with Gasteiger partial charge >= 0.3 is 39.3 Å². The van der Waals surface area contributed by atoms with Crippen molar-refractivity contribution in [3.63, 3.8) is 0 Å². The van der Waals surface area contributed by atoms with Crippen molar-refractivity contribution in [2.45, 2.75) is 79.1 Å². The maximum absolute atomic E-state index is 14.2. The molecule has 45 heavy (non-hydrogen) atoms. The molecule has 0 heterocycles. The zero-order valence-corrected chi connectivity index (χ0v) is 31.3. The molecule has 0 spiro atoms. The summed E-state index contributed by atoms with van der Waals surface area (Å²) in [4.78, 5) is 10.8. The zero-order valence-electron chi connectivity index (χ0n) is 27.1. The zero-order chi connectivity index (χ0) is 33.3. The summed E-state index contributed by atoms with van der Waals surface area (Å²) in [6.07, 6.45) is 0. The van der Waals surface area contributed by atoms with E-state index in [4.69, 9.17) is 9.98 Å². The van der Waals surface area contributed by atoms with Crippen LogP contribution in [0.2, 0.25) is 0 Å². The predicted molar refractivity (Wildman–Crippen MR) is 192 cm³/mol. The molecule has 0 bridgehead atoms. The molecule has 4 aromatic rings. The van der Waals surface area contributed by atoms with Gasteiger partial charge < -0.3 is 0 Å². The molecule has 0 aliphatic rings. The van der Waals surface area contributed by atoms with Crippen molar-refractivity contribution in [2.75, 3.05) is 0 Å². The van der Waals surface area contributed by atoms with Crippen LogP contribution in [0.1, 0.15) is 112 Å². The van der Waals surface area contributed by atoms with Crippen LogP contribution in [0.3, 0.4) is 0 Å². The van der Waals surface area contributed by atoms with Crippen molar-refractivity contribution in [1.29, 1.82) is 0 Å². The molecule has 0 radical (unpaired) electrons. The summed E-state index contributed by atoms with van der Waals surface area (Å²) in [6, 6.07) is 25.5. The van der Waals surface area contributed by atoms with E-state index in [1.165, 1.54) is 35.2 Å². The molecule has 0 fully saturated rings. The molecule has 0 aromatic heterocycles. The van der Waals surface area contributed by atoms with E-state index in [1.807, 2.05) is 0 Å². The number of hydrogen-bond acceptors (Lipinski definition) is 2. The van der Waals surface area contributed by atoms with Crippen LogP contribution in [0.25, 0.3) is 0 Å². The molecule has 4 rings (SSSR count). The molecule has 0 N–H and O–H groups in total. The fraction of sp³-hybridized carbons (Fsp3) is 0.316. The first kappa shape index (κ1) is 37.0. The van der Waals surface area contributed by atoms with E-state index in [9.17, 15) is 8.78 Å². The molecule has 0 aliphatic carbocycles. The van der Waals surface area contributed by atoms with Crippen LogP contribution in [-0.2, 0) is 10.9 Å². The predicted octanol–water partition coefficient (Wildman–Crippen LogP) is 13.1. The van der Waals surface area contributed by atoms with Gasteiger partial charge in [0.15, 0.2) is 0 Å². The van der Waals surface area contributed by atoms with Gasteiger partial charge in [0.1, 0.15) is 11.6 Å². The van der Waals surface area contributed by atoms with Gasteiger partial charge in [0, 0.05) is 11.1 Å². The fourth-order valence-electron chi connectivity index (χ4n) is 5.23. The van der Waals surface area contributed by atoms with E-state index in [2.05, 4.69) is 120 Å². The minimum atomic E-state index is -0.323. The van der Waals surface area contributed by atoms with Crippen molar-refractivity contribution in [1.82, 2.24) is 0 Å². The summed E-state index contributed by atoms with van der Waals surface area (Å²) in [5.41, 5.74) is 9.02. The van der Waals surface area contributed by atoms with Crippen molar-refractivity contribution in [3.8, 4) is 0 Å². The number of nitrogens with zero attached hydrogens (tertiary/aromatic N) is 2. The summed E-state index contributed by atoms with van der Waals surface area (Å²) in [5.74, 6) is 0.288. The van der Waals surface area contributed by atoms with Crippen molar-refractivity contribution < 1.29 is 19.7 Å². The maximum atomic E-state index is 14.2. The molecule has 242 valence electrons. The first-order valence-corrected chi connectivity index (χ1v) is 20.0. The summed E-state index contributed by atoms with van der Waals surface area (Å²) in [5, 5.41) is 0. The van der Waals surface area contributed by atoms with Gasteiger partial charge in [-0.05, 0) is 94.5 Å². The van der Waals surface area contributed by atoms with Crippen LogP contribution in [0.5, 0.6) is 0 Å². The Morgan fingerprint density at radius 1 is 0.489 bits per heavy atom. The average molecular weight is 783 g/mol. The first-order chi connectivity index (χ1) is 21.4. The second-order valence-corrected chi connectivity index (χ2v) is 17.2. The summed E-state index contributed by atoms with van der Waals surface area (Å²) >= 11 is 6.00. The topological polar surface area (TPSA) is 24.7 Å². The number of para-hydroxylation sites is 2. The Morgan fingerprint density at radius 2 is 0.733 bits per heavy atom. The van der Waals surface area contributed by atoms with Crippen LogP contribution >= 0.6 is 28.5 Å². The SMILES string of the molecule is CC(C)c1cccc(C(C)C)c1N=C(C(=Nc1c(C(C)C)cccc1C(C)C)c1ccc(F)cc1)c1ccc(F)cc1.[Br][Ni][Br]. The Hall–Kier alpha value is -2.47. The van der Waals surface area contributed by atoms with Gasteiger partial charge in [0.25, 0.3) is 0 Å². The number of benzene rings is 4. The third-order valence-corrected chi connectivity index (χ3v) is 7.59. The molecular weight excluding hydrogens is 741 g/mol. The van der Waals surface area contributed by atoms with E-state index >= 15 is 0 Å². The number of hydrogen-bond donors (Lipinski definition) is 0.